The van der Waals surface area contributed by atoms with Gasteiger partial charge < -0.3 is 9.84 Å². The van der Waals surface area contributed by atoms with Gasteiger partial charge in [0.05, 0.1) is 6.61 Å². The number of carbonyl (C=O) groups excluding carboxylic acids is 1. The number of ether oxygens (including phenoxy) is 1. The summed E-state index contributed by atoms with van der Waals surface area (Å²) in [6, 6.07) is 7.27. The van der Waals surface area contributed by atoms with E-state index in [-0.39, 0.29) is 5.97 Å². The summed E-state index contributed by atoms with van der Waals surface area (Å²) in [6.07, 6.45) is 3.51. The van der Waals surface area contributed by atoms with Crippen LogP contribution >= 0.6 is 11.8 Å². The van der Waals surface area contributed by atoms with Gasteiger partial charge in [0.15, 0.2) is 0 Å². The highest BCUT2D eigenvalue weighted by Gasteiger charge is 2.01. The molecule has 0 spiro atoms. The van der Waals surface area contributed by atoms with Gasteiger partial charge in [0.2, 0.25) is 0 Å². The van der Waals surface area contributed by atoms with E-state index >= 15 is 0 Å². The Labute approximate surface area is 113 Å². The summed E-state index contributed by atoms with van der Waals surface area (Å²) in [5, 5.41) is 9.30. The molecule has 0 saturated carbocycles. The highest BCUT2D eigenvalue weighted by Crippen LogP contribution is 2.23. The Morgan fingerprint density at radius 3 is 2.89 bits per heavy atom. The monoisotopic (exact) mass is 268 g/mol. The number of hydrogen-bond acceptors (Lipinski definition) is 4. The standard InChI is InChI=1S/C14H20O3S/c1-2-17-14(16)9-4-3-5-10-18-13-8-6-7-12(15)11-13/h6-8,11,15H,2-5,9-10H2,1H3. The predicted molar refractivity (Wildman–Crippen MR) is 73.9 cm³/mol. The minimum Gasteiger partial charge on any atom is -0.508 e. The largest absolute Gasteiger partial charge is 0.508 e. The summed E-state index contributed by atoms with van der Waals surface area (Å²) in [6.45, 7) is 2.29. The lowest BCUT2D eigenvalue weighted by Crippen LogP contribution is -2.03. The normalized spacial score (nSPS) is 10.3. The molecule has 0 aliphatic carbocycles. The summed E-state index contributed by atoms with van der Waals surface area (Å²) in [5.74, 6) is 1.21. The zero-order valence-corrected chi connectivity index (χ0v) is 11.5. The number of aromatic hydroxyl groups is 1. The lowest BCUT2D eigenvalue weighted by Gasteiger charge is -2.03. The SMILES string of the molecule is CCOC(=O)CCCCCSc1cccc(O)c1. The third-order valence-electron chi connectivity index (χ3n) is 2.42. The van der Waals surface area contributed by atoms with Gasteiger partial charge in [-0.15, -0.1) is 11.8 Å². The first kappa shape index (κ1) is 14.9. The Bertz CT molecular complexity index is 366. The van der Waals surface area contributed by atoms with Crippen LogP contribution in [0.15, 0.2) is 29.2 Å². The summed E-state index contributed by atoms with van der Waals surface area (Å²) < 4.78 is 4.86. The highest BCUT2D eigenvalue weighted by atomic mass is 32.2. The Morgan fingerprint density at radius 1 is 1.33 bits per heavy atom. The van der Waals surface area contributed by atoms with Crippen LogP contribution in [-0.4, -0.2) is 23.4 Å². The molecule has 0 atom stereocenters. The first-order valence-electron chi connectivity index (χ1n) is 6.30. The zero-order chi connectivity index (χ0) is 13.2. The molecule has 0 amide bonds. The van der Waals surface area contributed by atoms with Gasteiger partial charge >= 0.3 is 5.97 Å². The van der Waals surface area contributed by atoms with Gasteiger partial charge in [0.1, 0.15) is 5.75 Å². The van der Waals surface area contributed by atoms with E-state index in [1.165, 1.54) is 0 Å². The van der Waals surface area contributed by atoms with Crippen LogP contribution in [0.4, 0.5) is 0 Å². The van der Waals surface area contributed by atoms with E-state index in [2.05, 4.69) is 0 Å². The van der Waals surface area contributed by atoms with E-state index in [9.17, 15) is 9.90 Å². The Hall–Kier alpha value is -1.16. The van der Waals surface area contributed by atoms with Crippen molar-refractivity contribution in [2.24, 2.45) is 0 Å². The molecule has 100 valence electrons. The van der Waals surface area contributed by atoms with Crippen LogP contribution in [0.3, 0.4) is 0 Å². The summed E-state index contributed by atoms with van der Waals surface area (Å²) in [7, 11) is 0. The average molecular weight is 268 g/mol. The number of phenols is 1. The molecule has 0 heterocycles. The van der Waals surface area contributed by atoms with Crippen LogP contribution in [0.1, 0.15) is 32.6 Å². The second-order valence-corrected chi connectivity index (χ2v) is 5.13. The number of thioether (sulfide) groups is 1. The Balaban J connectivity index is 2.04. The van der Waals surface area contributed by atoms with Gasteiger partial charge in [-0.1, -0.05) is 12.5 Å². The molecule has 18 heavy (non-hydrogen) atoms. The maximum atomic E-state index is 11.1. The zero-order valence-electron chi connectivity index (χ0n) is 10.7. The van der Waals surface area contributed by atoms with E-state index in [1.807, 2.05) is 19.1 Å². The van der Waals surface area contributed by atoms with E-state index in [1.54, 1.807) is 23.9 Å². The van der Waals surface area contributed by atoms with Crippen LogP contribution in [0.25, 0.3) is 0 Å². The maximum absolute atomic E-state index is 11.1. The van der Waals surface area contributed by atoms with Crippen molar-refractivity contribution in [3.63, 3.8) is 0 Å². The van der Waals surface area contributed by atoms with Gasteiger partial charge in [0, 0.05) is 11.3 Å². The Kier molecular flexibility index (Phi) is 7.34. The van der Waals surface area contributed by atoms with Gasteiger partial charge in [-0.05, 0) is 43.7 Å². The fourth-order valence-electron chi connectivity index (χ4n) is 1.54. The van der Waals surface area contributed by atoms with Crippen LogP contribution < -0.4 is 0 Å². The molecule has 0 fully saturated rings. The molecule has 1 N–H and O–H groups in total. The maximum Gasteiger partial charge on any atom is 0.305 e. The predicted octanol–water partition coefficient (Wildman–Crippen LogP) is 3.61. The van der Waals surface area contributed by atoms with Crippen LogP contribution in [-0.2, 0) is 9.53 Å². The van der Waals surface area contributed by atoms with Crippen LogP contribution in [0, 0.1) is 0 Å². The lowest BCUT2D eigenvalue weighted by molar-refractivity contribution is -0.143. The third kappa shape index (κ3) is 6.55. The van der Waals surface area contributed by atoms with Crippen LogP contribution in [0.5, 0.6) is 5.75 Å². The number of carbonyl (C=O) groups is 1. The molecule has 4 heteroatoms. The van der Waals surface area contributed by atoms with Crippen molar-refractivity contribution in [1.29, 1.82) is 0 Å². The minimum atomic E-state index is -0.0989. The molecular weight excluding hydrogens is 248 g/mol. The summed E-state index contributed by atoms with van der Waals surface area (Å²) in [5.41, 5.74) is 0. The van der Waals surface area contributed by atoms with Crippen molar-refractivity contribution in [1.82, 2.24) is 0 Å². The first-order valence-corrected chi connectivity index (χ1v) is 7.28. The minimum absolute atomic E-state index is 0.0989. The number of esters is 1. The third-order valence-corrected chi connectivity index (χ3v) is 3.50. The van der Waals surface area contributed by atoms with Gasteiger partial charge in [-0.2, -0.15) is 0 Å². The van der Waals surface area contributed by atoms with E-state index in [0.29, 0.717) is 18.8 Å². The molecule has 0 radical (unpaired) electrons. The summed E-state index contributed by atoms with van der Waals surface area (Å²) in [4.78, 5) is 12.2. The number of hydrogen-bond donors (Lipinski definition) is 1. The Morgan fingerprint density at radius 2 is 2.17 bits per heavy atom. The van der Waals surface area contributed by atoms with Crippen LogP contribution in [0.2, 0.25) is 0 Å². The molecule has 0 saturated heterocycles. The highest BCUT2D eigenvalue weighted by molar-refractivity contribution is 7.99. The topological polar surface area (TPSA) is 46.5 Å². The van der Waals surface area contributed by atoms with Gasteiger partial charge in [-0.3, -0.25) is 4.79 Å². The van der Waals surface area contributed by atoms with Crippen molar-refractivity contribution in [3.8, 4) is 5.75 Å². The number of phenolic OH excluding ortho intramolecular Hbond substituents is 1. The smallest absolute Gasteiger partial charge is 0.305 e. The molecule has 0 bridgehead atoms. The molecule has 1 aromatic rings. The molecule has 0 unspecified atom stereocenters. The number of unbranched alkanes of at least 4 members (excludes halogenated alkanes) is 2. The van der Waals surface area contributed by atoms with Crippen molar-refractivity contribution < 1.29 is 14.6 Å². The first-order chi connectivity index (χ1) is 8.72. The van der Waals surface area contributed by atoms with Crippen molar-refractivity contribution >= 4 is 17.7 Å². The van der Waals surface area contributed by atoms with Crippen molar-refractivity contribution in [2.45, 2.75) is 37.5 Å². The van der Waals surface area contributed by atoms with Crippen molar-refractivity contribution in [2.75, 3.05) is 12.4 Å². The molecular formula is C14H20O3S. The number of rotatable bonds is 8. The second-order valence-electron chi connectivity index (χ2n) is 3.96. The summed E-state index contributed by atoms with van der Waals surface area (Å²) >= 11 is 1.73. The fourth-order valence-corrected chi connectivity index (χ4v) is 2.51. The number of benzene rings is 1. The molecule has 3 nitrogen and oxygen atoms in total. The van der Waals surface area contributed by atoms with Crippen molar-refractivity contribution in [3.05, 3.63) is 24.3 Å². The molecule has 0 aliphatic rings. The van der Waals surface area contributed by atoms with E-state index in [0.717, 1.165) is 29.9 Å². The lowest BCUT2D eigenvalue weighted by atomic mass is 10.2. The molecule has 0 aliphatic heterocycles. The second kappa shape index (κ2) is 8.86. The average Bonchev–Trinajstić information content (AvgIpc) is 2.34. The van der Waals surface area contributed by atoms with E-state index < -0.39 is 0 Å². The molecule has 0 aromatic heterocycles. The fraction of sp³-hybridized carbons (Fsp3) is 0.500. The van der Waals surface area contributed by atoms with E-state index in [4.69, 9.17) is 4.74 Å². The quantitative estimate of drug-likeness (QED) is 0.444. The van der Waals surface area contributed by atoms with Gasteiger partial charge in [-0.25, -0.2) is 0 Å². The molecule has 1 rings (SSSR count). The van der Waals surface area contributed by atoms with Gasteiger partial charge in [0.25, 0.3) is 0 Å². The molecule has 1 aromatic carbocycles.